The minimum absolute atomic E-state index is 0.158. The highest BCUT2D eigenvalue weighted by Gasteiger charge is 2.39. The van der Waals surface area contributed by atoms with Gasteiger partial charge in [0.05, 0.1) is 17.6 Å². The Morgan fingerprint density at radius 1 is 1.33 bits per heavy atom. The van der Waals surface area contributed by atoms with Gasteiger partial charge in [-0.25, -0.2) is 4.98 Å². The molecule has 5 heteroatoms. The van der Waals surface area contributed by atoms with Crippen molar-refractivity contribution >= 4 is 11.7 Å². The molecule has 2 saturated heterocycles. The van der Waals surface area contributed by atoms with E-state index in [2.05, 4.69) is 16.0 Å². The maximum atomic E-state index is 11.8. The van der Waals surface area contributed by atoms with Gasteiger partial charge in [0.15, 0.2) is 0 Å². The Morgan fingerprint density at radius 2 is 2.10 bits per heavy atom. The van der Waals surface area contributed by atoms with Gasteiger partial charge in [-0.2, -0.15) is 5.26 Å². The van der Waals surface area contributed by atoms with Gasteiger partial charge in [-0.15, -0.1) is 0 Å². The van der Waals surface area contributed by atoms with E-state index < -0.39 is 0 Å². The number of anilines is 1. The first-order valence-electron chi connectivity index (χ1n) is 7.61. The smallest absolute Gasteiger partial charge is 0.219 e. The number of hydrogen-bond acceptors (Lipinski definition) is 4. The largest absolute Gasteiger partial charge is 0.350 e. The van der Waals surface area contributed by atoms with Crippen LogP contribution in [-0.4, -0.2) is 41.0 Å². The summed E-state index contributed by atoms with van der Waals surface area (Å²) in [4.78, 5) is 20.5. The Bertz CT molecular complexity index is 580. The van der Waals surface area contributed by atoms with Crippen molar-refractivity contribution in [1.29, 1.82) is 5.26 Å². The number of hydrogen-bond donors (Lipinski definition) is 0. The number of carbonyl (C=O) groups excluding carboxylic acids is 1. The fourth-order valence-electron chi connectivity index (χ4n) is 3.75. The molecule has 2 aliphatic heterocycles. The molecule has 2 fully saturated rings. The summed E-state index contributed by atoms with van der Waals surface area (Å²) >= 11 is 0. The van der Waals surface area contributed by atoms with Crippen LogP contribution in [0.1, 0.15) is 38.2 Å². The number of likely N-dealkylation sites (tertiary alicyclic amines) is 1. The van der Waals surface area contributed by atoms with Crippen LogP contribution in [0.25, 0.3) is 0 Å². The molecule has 5 nitrogen and oxygen atoms in total. The van der Waals surface area contributed by atoms with Crippen molar-refractivity contribution in [3.63, 3.8) is 0 Å². The summed E-state index contributed by atoms with van der Waals surface area (Å²) in [6.45, 7) is 3.43. The first-order chi connectivity index (χ1) is 10.2. The summed E-state index contributed by atoms with van der Waals surface area (Å²) in [5.41, 5.74) is 0.622. The standard InChI is InChI=1S/C16H20N4O/c1-12(21)19-9-3-6-14(19)15-7-4-10-20(15)16-13(11-17)5-2-8-18-16/h2,5,8,14-15H,3-4,6-7,9-10H2,1H3. The average Bonchev–Trinajstić information content (AvgIpc) is 3.15. The third kappa shape index (κ3) is 2.46. The molecule has 0 saturated carbocycles. The van der Waals surface area contributed by atoms with Crippen LogP contribution in [0, 0.1) is 11.3 Å². The number of amides is 1. The average molecular weight is 284 g/mol. The molecule has 2 unspecified atom stereocenters. The van der Waals surface area contributed by atoms with Gasteiger partial charge >= 0.3 is 0 Å². The minimum atomic E-state index is 0.158. The predicted octanol–water partition coefficient (Wildman–Crippen LogP) is 1.93. The second kappa shape index (κ2) is 5.72. The first kappa shape index (κ1) is 13.9. The zero-order valence-electron chi connectivity index (χ0n) is 12.3. The number of nitrogens with zero attached hydrogens (tertiary/aromatic N) is 4. The Balaban J connectivity index is 1.89. The highest BCUT2D eigenvalue weighted by atomic mass is 16.2. The number of carbonyl (C=O) groups is 1. The number of aromatic nitrogens is 1. The molecule has 3 rings (SSSR count). The number of rotatable bonds is 2. The molecule has 110 valence electrons. The molecular weight excluding hydrogens is 264 g/mol. The van der Waals surface area contributed by atoms with Gasteiger partial charge in [0.2, 0.25) is 5.91 Å². The van der Waals surface area contributed by atoms with E-state index in [9.17, 15) is 10.1 Å². The lowest BCUT2D eigenvalue weighted by atomic mass is 10.0. The van der Waals surface area contributed by atoms with Crippen molar-refractivity contribution in [1.82, 2.24) is 9.88 Å². The lowest BCUT2D eigenvalue weighted by Crippen LogP contribution is -2.48. The number of nitriles is 1. The lowest BCUT2D eigenvalue weighted by molar-refractivity contribution is -0.129. The molecule has 1 aromatic rings. The van der Waals surface area contributed by atoms with E-state index >= 15 is 0 Å². The fourth-order valence-corrected chi connectivity index (χ4v) is 3.75. The second-order valence-corrected chi connectivity index (χ2v) is 5.81. The quantitative estimate of drug-likeness (QED) is 0.832. The van der Waals surface area contributed by atoms with E-state index in [4.69, 9.17) is 0 Å². The molecule has 0 aromatic carbocycles. The Hall–Kier alpha value is -2.09. The zero-order chi connectivity index (χ0) is 14.8. The van der Waals surface area contributed by atoms with E-state index in [1.54, 1.807) is 19.2 Å². The van der Waals surface area contributed by atoms with Gasteiger partial charge in [0.1, 0.15) is 11.9 Å². The van der Waals surface area contributed by atoms with Crippen LogP contribution in [0.4, 0.5) is 5.82 Å². The Morgan fingerprint density at radius 3 is 2.86 bits per heavy atom. The summed E-state index contributed by atoms with van der Waals surface area (Å²) in [6.07, 6.45) is 6.02. The van der Waals surface area contributed by atoms with Gasteiger partial charge < -0.3 is 9.80 Å². The van der Waals surface area contributed by atoms with Crippen LogP contribution >= 0.6 is 0 Å². The van der Waals surface area contributed by atoms with E-state index in [1.165, 1.54) is 0 Å². The third-order valence-electron chi connectivity index (χ3n) is 4.63. The highest BCUT2D eigenvalue weighted by molar-refractivity contribution is 5.74. The van der Waals surface area contributed by atoms with Crippen molar-refractivity contribution in [3.8, 4) is 6.07 Å². The summed E-state index contributed by atoms with van der Waals surface area (Å²) in [5, 5.41) is 9.29. The maximum Gasteiger partial charge on any atom is 0.219 e. The third-order valence-corrected chi connectivity index (χ3v) is 4.63. The molecular formula is C16H20N4O. The Kier molecular flexibility index (Phi) is 3.78. The van der Waals surface area contributed by atoms with E-state index in [0.717, 1.165) is 44.6 Å². The summed E-state index contributed by atoms with van der Waals surface area (Å²) in [6, 6.07) is 6.40. The van der Waals surface area contributed by atoms with Crippen molar-refractivity contribution in [2.75, 3.05) is 18.0 Å². The van der Waals surface area contributed by atoms with Gasteiger partial charge in [0.25, 0.3) is 0 Å². The zero-order valence-corrected chi connectivity index (χ0v) is 12.3. The van der Waals surface area contributed by atoms with Crippen molar-refractivity contribution in [2.24, 2.45) is 0 Å². The minimum Gasteiger partial charge on any atom is -0.350 e. The molecule has 1 aromatic heterocycles. The molecule has 0 N–H and O–H groups in total. The summed E-state index contributed by atoms with van der Waals surface area (Å²) < 4.78 is 0. The van der Waals surface area contributed by atoms with Crippen LogP contribution in [0.5, 0.6) is 0 Å². The molecule has 2 aliphatic rings. The predicted molar refractivity (Wildman–Crippen MR) is 79.7 cm³/mol. The fraction of sp³-hybridized carbons (Fsp3) is 0.562. The van der Waals surface area contributed by atoms with Gasteiger partial charge in [-0.1, -0.05) is 0 Å². The van der Waals surface area contributed by atoms with Gasteiger partial charge in [-0.05, 0) is 37.8 Å². The molecule has 0 spiro atoms. The second-order valence-electron chi connectivity index (χ2n) is 5.81. The molecule has 1 amide bonds. The topological polar surface area (TPSA) is 60.2 Å². The van der Waals surface area contributed by atoms with E-state index in [-0.39, 0.29) is 11.9 Å². The van der Waals surface area contributed by atoms with Crippen LogP contribution in [0.2, 0.25) is 0 Å². The van der Waals surface area contributed by atoms with Crippen LogP contribution < -0.4 is 4.90 Å². The maximum absolute atomic E-state index is 11.8. The van der Waals surface area contributed by atoms with Gasteiger partial charge in [-0.3, -0.25) is 4.79 Å². The molecule has 2 atom stereocenters. The summed E-state index contributed by atoms with van der Waals surface area (Å²) in [5.74, 6) is 0.934. The number of pyridine rings is 1. The van der Waals surface area contributed by atoms with Crippen molar-refractivity contribution in [3.05, 3.63) is 23.9 Å². The molecule has 0 radical (unpaired) electrons. The van der Waals surface area contributed by atoms with Crippen molar-refractivity contribution in [2.45, 2.75) is 44.7 Å². The molecule has 3 heterocycles. The van der Waals surface area contributed by atoms with Crippen LogP contribution in [0.3, 0.4) is 0 Å². The van der Waals surface area contributed by atoms with E-state index in [0.29, 0.717) is 11.6 Å². The normalized spacial score (nSPS) is 25.1. The Labute approximate surface area is 125 Å². The van der Waals surface area contributed by atoms with E-state index in [1.807, 2.05) is 11.0 Å². The molecule has 21 heavy (non-hydrogen) atoms. The first-order valence-corrected chi connectivity index (χ1v) is 7.61. The van der Waals surface area contributed by atoms with Crippen LogP contribution in [0.15, 0.2) is 18.3 Å². The van der Waals surface area contributed by atoms with Crippen molar-refractivity contribution < 1.29 is 4.79 Å². The molecule has 0 bridgehead atoms. The summed E-state index contributed by atoms with van der Waals surface area (Å²) in [7, 11) is 0. The molecule has 0 aliphatic carbocycles. The lowest BCUT2D eigenvalue weighted by Gasteiger charge is -2.35. The monoisotopic (exact) mass is 284 g/mol. The SMILES string of the molecule is CC(=O)N1CCCC1C1CCCN1c1ncccc1C#N. The highest BCUT2D eigenvalue weighted by Crippen LogP contribution is 2.33. The van der Waals surface area contributed by atoms with Gasteiger partial charge in [0, 0.05) is 26.2 Å². The van der Waals surface area contributed by atoms with Crippen LogP contribution in [-0.2, 0) is 4.79 Å².